The van der Waals surface area contributed by atoms with Crippen LogP contribution in [-0.2, 0) is 16.5 Å². The van der Waals surface area contributed by atoms with Crippen molar-refractivity contribution >= 4 is 34.9 Å². The molecular formula is C19H19FN6O5. The lowest BCUT2D eigenvalue weighted by Crippen LogP contribution is -2.42. The van der Waals surface area contributed by atoms with Gasteiger partial charge in [0.15, 0.2) is 23.7 Å². The van der Waals surface area contributed by atoms with Crippen LogP contribution < -0.4 is 9.80 Å². The summed E-state index contributed by atoms with van der Waals surface area (Å²) in [5.41, 5.74) is 0.117. The third-order valence-electron chi connectivity index (χ3n) is 5.52. The van der Waals surface area contributed by atoms with Gasteiger partial charge in [-0.25, -0.2) is 19.1 Å². The van der Waals surface area contributed by atoms with Crippen LogP contribution in [0.1, 0.15) is 29.1 Å². The highest BCUT2D eigenvalue weighted by Gasteiger charge is 2.41. The standard InChI is InChI=1S/C19H19FN6O5/c1-10-6-25(3-4-29-10)15-11(7-27)5-12-16(14(15)20)31-23-17(12)26-13(8-30-19(26)28)18-21-9-22-24(18)2/h5,7,9-10,13H,3-4,6,8H2,1-2H3. The van der Waals surface area contributed by atoms with Gasteiger partial charge in [-0.15, -0.1) is 0 Å². The highest BCUT2D eigenvalue weighted by atomic mass is 19.1. The number of carbonyl (C=O) groups excluding carboxylic acids is 2. The van der Waals surface area contributed by atoms with Crippen molar-refractivity contribution in [3.8, 4) is 0 Å². The molecule has 2 atom stereocenters. The van der Waals surface area contributed by atoms with Gasteiger partial charge >= 0.3 is 6.09 Å². The molecule has 0 spiro atoms. The first kappa shape index (κ1) is 19.4. The molecule has 0 N–H and O–H groups in total. The first-order valence-electron chi connectivity index (χ1n) is 9.73. The number of hydrogen-bond donors (Lipinski definition) is 0. The van der Waals surface area contributed by atoms with Crippen LogP contribution in [0.3, 0.4) is 0 Å². The number of amides is 1. The number of aryl methyl sites for hydroxylation is 1. The lowest BCUT2D eigenvalue weighted by molar-refractivity contribution is 0.0529. The highest BCUT2D eigenvalue weighted by molar-refractivity contribution is 6.03. The number of ether oxygens (including phenoxy) is 2. The zero-order valence-electron chi connectivity index (χ0n) is 16.8. The number of anilines is 2. The van der Waals surface area contributed by atoms with Crippen LogP contribution in [-0.4, -0.2) is 64.7 Å². The molecule has 2 saturated heterocycles. The Kier molecular flexibility index (Phi) is 4.58. The number of halogens is 1. The van der Waals surface area contributed by atoms with Crippen molar-refractivity contribution in [2.24, 2.45) is 7.05 Å². The van der Waals surface area contributed by atoms with E-state index in [1.807, 2.05) is 6.92 Å². The summed E-state index contributed by atoms with van der Waals surface area (Å²) in [6.07, 6.45) is 1.15. The molecule has 3 aromatic rings. The van der Waals surface area contributed by atoms with E-state index in [0.29, 0.717) is 31.8 Å². The zero-order chi connectivity index (χ0) is 21.7. The van der Waals surface area contributed by atoms with Gasteiger partial charge < -0.3 is 18.9 Å². The fraction of sp³-hybridized carbons (Fsp3) is 0.421. The number of cyclic esters (lactones) is 1. The van der Waals surface area contributed by atoms with Crippen LogP contribution in [0.4, 0.5) is 20.7 Å². The first-order chi connectivity index (χ1) is 15.0. The predicted octanol–water partition coefficient (Wildman–Crippen LogP) is 1.83. The Morgan fingerprint density at radius 1 is 1.35 bits per heavy atom. The van der Waals surface area contributed by atoms with Crippen molar-refractivity contribution in [2.75, 3.05) is 36.1 Å². The second-order valence-electron chi connectivity index (χ2n) is 7.46. The highest BCUT2D eigenvalue weighted by Crippen LogP contribution is 2.40. The molecule has 0 aliphatic carbocycles. The number of benzene rings is 1. The molecular weight excluding hydrogens is 411 g/mol. The van der Waals surface area contributed by atoms with E-state index >= 15 is 4.39 Å². The Balaban J connectivity index is 1.63. The zero-order valence-corrected chi connectivity index (χ0v) is 16.8. The molecule has 0 radical (unpaired) electrons. The van der Waals surface area contributed by atoms with Gasteiger partial charge in [0.2, 0.25) is 5.58 Å². The Hall–Kier alpha value is -3.54. The number of aldehydes is 1. The predicted molar refractivity (Wildman–Crippen MR) is 105 cm³/mol. The summed E-state index contributed by atoms with van der Waals surface area (Å²) in [5.74, 6) is -0.193. The van der Waals surface area contributed by atoms with Gasteiger partial charge in [0.05, 0.1) is 23.8 Å². The van der Waals surface area contributed by atoms with Crippen LogP contribution in [0.2, 0.25) is 0 Å². The lowest BCUT2D eigenvalue weighted by Gasteiger charge is -2.33. The lowest BCUT2D eigenvalue weighted by atomic mass is 10.1. The average molecular weight is 430 g/mol. The van der Waals surface area contributed by atoms with Crippen LogP contribution in [0, 0.1) is 5.82 Å². The van der Waals surface area contributed by atoms with Crippen molar-refractivity contribution in [3.05, 3.63) is 29.6 Å². The van der Waals surface area contributed by atoms with Crippen molar-refractivity contribution < 1.29 is 28.0 Å². The first-order valence-corrected chi connectivity index (χ1v) is 9.73. The minimum atomic E-state index is -0.713. The normalized spacial score (nSPS) is 21.7. The van der Waals surface area contributed by atoms with Gasteiger partial charge in [-0.3, -0.25) is 9.48 Å². The minimum Gasteiger partial charge on any atom is -0.446 e. The summed E-state index contributed by atoms with van der Waals surface area (Å²) in [6.45, 7) is 3.17. The van der Waals surface area contributed by atoms with E-state index in [1.54, 1.807) is 11.9 Å². The SMILES string of the molecule is CC1CN(c2c(C=O)cc3c(N4C(=O)OCC4c4ncnn4C)noc3c2F)CCO1. The molecule has 0 bridgehead atoms. The summed E-state index contributed by atoms with van der Waals surface area (Å²) in [5, 5.41) is 8.16. The van der Waals surface area contributed by atoms with E-state index in [9.17, 15) is 9.59 Å². The molecule has 2 unspecified atom stereocenters. The van der Waals surface area contributed by atoms with Crippen molar-refractivity contribution in [3.63, 3.8) is 0 Å². The number of rotatable bonds is 4. The van der Waals surface area contributed by atoms with Crippen LogP contribution in [0.5, 0.6) is 0 Å². The van der Waals surface area contributed by atoms with E-state index in [1.165, 1.54) is 22.0 Å². The van der Waals surface area contributed by atoms with Crippen LogP contribution in [0.25, 0.3) is 11.0 Å². The van der Waals surface area contributed by atoms with E-state index in [0.717, 1.165) is 0 Å². The van der Waals surface area contributed by atoms with Gasteiger partial charge in [-0.1, -0.05) is 5.16 Å². The fourth-order valence-corrected chi connectivity index (χ4v) is 4.09. The number of nitrogens with zero attached hydrogens (tertiary/aromatic N) is 6. The second kappa shape index (κ2) is 7.30. The van der Waals surface area contributed by atoms with E-state index in [2.05, 4.69) is 15.2 Å². The van der Waals surface area contributed by atoms with E-state index in [4.69, 9.17) is 14.0 Å². The van der Waals surface area contributed by atoms with Gasteiger partial charge in [-0.2, -0.15) is 5.10 Å². The molecule has 0 saturated carbocycles. The maximum Gasteiger partial charge on any atom is 0.416 e. The minimum absolute atomic E-state index is 0.0203. The quantitative estimate of drug-likeness (QED) is 0.572. The molecule has 2 fully saturated rings. The molecule has 2 aromatic heterocycles. The number of carbonyl (C=O) groups is 2. The monoisotopic (exact) mass is 430 g/mol. The Morgan fingerprint density at radius 2 is 2.19 bits per heavy atom. The maximum absolute atomic E-state index is 15.5. The molecule has 31 heavy (non-hydrogen) atoms. The third kappa shape index (κ3) is 3.02. The maximum atomic E-state index is 15.5. The third-order valence-corrected chi connectivity index (χ3v) is 5.52. The van der Waals surface area contributed by atoms with Crippen molar-refractivity contribution in [1.29, 1.82) is 0 Å². The summed E-state index contributed by atoms with van der Waals surface area (Å²) in [7, 11) is 1.68. The van der Waals surface area contributed by atoms with Gasteiger partial charge in [0, 0.05) is 25.7 Å². The summed E-state index contributed by atoms with van der Waals surface area (Å²) in [4.78, 5) is 31.5. The summed E-state index contributed by atoms with van der Waals surface area (Å²) in [6, 6.07) is 0.849. The molecule has 2 aliphatic rings. The molecule has 2 aliphatic heterocycles. The number of morpholine rings is 1. The second-order valence-corrected chi connectivity index (χ2v) is 7.46. The Labute approximate surface area is 175 Å². The van der Waals surface area contributed by atoms with Crippen molar-refractivity contribution in [1.82, 2.24) is 19.9 Å². The molecule has 11 nitrogen and oxygen atoms in total. The largest absolute Gasteiger partial charge is 0.446 e. The molecule has 1 aromatic carbocycles. The Morgan fingerprint density at radius 3 is 2.90 bits per heavy atom. The van der Waals surface area contributed by atoms with Crippen LogP contribution >= 0.6 is 0 Å². The summed E-state index contributed by atoms with van der Waals surface area (Å²) >= 11 is 0. The molecule has 162 valence electrons. The van der Waals surface area contributed by atoms with Gasteiger partial charge in [-0.05, 0) is 13.0 Å². The van der Waals surface area contributed by atoms with E-state index < -0.39 is 18.0 Å². The topological polar surface area (TPSA) is 116 Å². The molecule has 12 heteroatoms. The number of fused-ring (bicyclic) bond motifs is 1. The summed E-state index contributed by atoms with van der Waals surface area (Å²) < 4.78 is 33.0. The molecule has 4 heterocycles. The number of hydrogen-bond acceptors (Lipinski definition) is 9. The Bertz CT molecular complexity index is 1180. The molecule has 1 amide bonds. The van der Waals surface area contributed by atoms with Crippen LogP contribution in [0.15, 0.2) is 16.9 Å². The number of aromatic nitrogens is 4. The smallest absolute Gasteiger partial charge is 0.416 e. The fourth-order valence-electron chi connectivity index (χ4n) is 4.09. The van der Waals surface area contributed by atoms with Crippen molar-refractivity contribution in [2.45, 2.75) is 19.1 Å². The van der Waals surface area contributed by atoms with Gasteiger partial charge in [0.25, 0.3) is 0 Å². The van der Waals surface area contributed by atoms with Gasteiger partial charge in [0.1, 0.15) is 19.0 Å². The average Bonchev–Trinajstić information content (AvgIpc) is 3.45. The van der Waals surface area contributed by atoms with E-state index in [-0.39, 0.29) is 40.7 Å². The molecule has 5 rings (SSSR count).